The van der Waals surface area contributed by atoms with E-state index in [9.17, 15) is 4.79 Å². The van der Waals surface area contributed by atoms with Gasteiger partial charge in [-0.05, 0) is 58.7 Å². The second kappa shape index (κ2) is 3.20. The number of hydrogen-bond acceptors (Lipinski definition) is 2. The normalized spacial score (nSPS) is 24.7. The SMILES string of the molecule is NC1(C(=O)O)CCc2ccc(I)cc21. The molecule has 0 saturated carbocycles. The first kappa shape index (κ1) is 9.92. The van der Waals surface area contributed by atoms with Crippen LogP contribution in [0.1, 0.15) is 17.5 Å². The predicted octanol–water partition coefficient (Wildman–Crippen LogP) is 1.48. The van der Waals surface area contributed by atoms with Gasteiger partial charge in [0, 0.05) is 3.57 Å². The van der Waals surface area contributed by atoms with E-state index in [-0.39, 0.29) is 0 Å². The summed E-state index contributed by atoms with van der Waals surface area (Å²) >= 11 is 2.16. The number of nitrogens with two attached hydrogens (primary N) is 1. The van der Waals surface area contributed by atoms with Gasteiger partial charge >= 0.3 is 5.97 Å². The molecule has 1 atom stereocenters. The summed E-state index contributed by atoms with van der Waals surface area (Å²) in [6, 6.07) is 5.82. The molecule has 1 unspecified atom stereocenters. The number of hydrogen-bond donors (Lipinski definition) is 2. The van der Waals surface area contributed by atoms with Gasteiger partial charge in [-0.25, -0.2) is 4.79 Å². The summed E-state index contributed by atoms with van der Waals surface area (Å²) in [5, 5.41) is 9.08. The highest BCUT2D eigenvalue weighted by Crippen LogP contribution is 2.35. The molecule has 3 nitrogen and oxygen atoms in total. The Morgan fingerprint density at radius 3 is 2.93 bits per heavy atom. The number of carboxylic acids is 1. The van der Waals surface area contributed by atoms with Crippen LogP contribution in [-0.2, 0) is 16.8 Å². The standard InChI is InChI=1S/C10H10INO2/c11-7-2-1-6-3-4-10(12,9(13)14)8(6)5-7/h1-2,5H,3-4,12H2,(H,13,14). The van der Waals surface area contributed by atoms with Gasteiger partial charge in [-0.1, -0.05) is 6.07 Å². The van der Waals surface area contributed by atoms with Crippen LogP contribution in [0.4, 0.5) is 0 Å². The number of halogens is 1. The van der Waals surface area contributed by atoms with Crippen LogP contribution in [0.15, 0.2) is 18.2 Å². The number of rotatable bonds is 1. The Balaban J connectivity index is 2.58. The summed E-state index contributed by atoms with van der Waals surface area (Å²) in [4.78, 5) is 11.1. The first-order valence-electron chi connectivity index (χ1n) is 4.35. The Bertz CT molecular complexity index is 405. The molecule has 3 N–H and O–H groups in total. The minimum atomic E-state index is -1.17. The van der Waals surface area contributed by atoms with Gasteiger partial charge in [0.1, 0.15) is 5.54 Å². The quantitative estimate of drug-likeness (QED) is 0.772. The zero-order chi connectivity index (χ0) is 10.3. The van der Waals surface area contributed by atoms with Gasteiger partial charge in [-0.15, -0.1) is 0 Å². The molecular formula is C10H10INO2. The summed E-state index contributed by atoms with van der Waals surface area (Å²) in [6.45, 7) is 0. The van der Waals surface area contributed by atoms with Gasteiger partial charge in [0.15, 0.2) is 0 Å². The zero-order valence-electron chi connectivity index (χ0n) is 7.46. The molecule has 1 aromatic rings. The van der Waals surface area contributed by atoms with Crippen LogP contribution < -0.4 is 5.73 Å². The molecule has 74 valence electrons. The zero-order valence-corrected chi connectivity index (χ0v) is 9.61. The molecule has 0 saturated heterocycles. The molecule has 0 spiro atoms. The lowest BCUT2D eigenvalue weighted by Gasteiger charge is -2.19. The van der Waals surface area contributed by atoms with E-state index in [0.29, 0.717) is 6.42 Å². The van der Waals surface area contributed by atoms with Crippen molar-refractivity contribution in [1.29, 1.82) is 0 Å². The number of carboxylic acid groups (broad SMARTS) is 1. The maximum Gasteiger partial charge on any atom is 0.328 e. The molecule has 1 aliphatic rings. The molecule has 0 aromatic heterocycles. The van der Waals surface area contributed by atoms with Crippen LogP contribution in [0.3, 0.4) is 0 Å². The van der Waals surface area contributed by atoms with Crippen LogP contribution in [0, 0.1) is 3.57 Å². The van der Waals surface area contributed by atoms with Gasteiger partial charge in [-0.2, -0.15) is 0 Å². The molecule has 1 aromatic carbocycles. The van der Waals surface area contributed by atoms with Crippen molar-refractivity contribution in [1.82, 2.24) is 0 Å². The molecule has 0 bridgehead atoms. The van der Waals surface area contributed by atoms with Crippen molar-refractivity contribution < 1.29 is 9.90 Å². The Labute approximate surface area is 95.4 Å². The molecule has 4 heteroatoms. The van der Waals surface area contributed by atoms with Crippen molar-refractivity contribution in [2.24, 2.45) is 5.73 Å². The number of aliphatic carboxylic acids is 1. The van der Waals surface area contributed by atoms with Crippen molar-refractivity contribution in [3.8, 4) is 0 Å². The van der Waals surface area contributed by atoms with E-state index in [0.717, 1.165) is 21.1 Å². The van der Waals surface area contributed by atoms with Crippen molar-refractivity contribution in [2.45, 2.75) is 18.4 Å². The Morgan fingerprint density at radius 1 is 1.57 bits per heavy atom. The summed E-state index contributed by atoms with van der Waals surface area (Å²) in [5.41, 5.74) is 6.55. The Kier molecular flexibility index (Phi) is 2.27. The smallest absolute Gasteiger partial charge is 0.328 e. The average Bonchev–Trinajstić information content (AvgIpc) is 2.46. The monoisotopic (exact) mass is 303 g/mol. The first-order valence-corrected chi connectivity index (χ1v) is 5.43. The number of benzene rings is 1. The van der Waals surface area contributed by atoms with Gasteiger partial charge in [0.05, 0.1) is 0 Å². The fourth-order valence-electron chi connectivity index (χ4n) is 1.87. The van der Waals surface area contributed by atoms with Crippen molar-refractivity contribution in [3.63, 3.8) is 0 Å². The second-order valence-corrected chi connectivity index (χ2v) is 4.82. The number of carbonyl (C=O) groups is 1. The fraction of sp³-hybridized carbons (Fsp3) is 0.300. The summed E-state index contributed by atoms with van der Waals surface area (Å²) in [7, 11) is 0. The predicted molar refractivity (Wildman–Crippen MR) is 61.0 cm³/mol. The highest BCUT2D eigenvalue weighted by molar-refractivity contribution is 14.1. The minimum Gasteiger partial charge on any atom is -0.480 e. The third-order valence-corrected chi connectivity index (χ3v) is 3.39. The third-order valence-electron chi connectivity index (χ3n) is 2.72. The lowest BCUT2D eigenvalue weighted by molar-refractivity contribution is -0.143. The van der Waals surface area contributed by atoms with Crippen LogP contribution in [-0.4, -0.2) is 11.1 Å². The third kappa shape index (κ3) is 1.33. The number of fused-ring (bicyclic) bond motifs is 1. The number of aryl methyl sites for hydroxylation is 1. The molecular weight excluding hydrogens is 293 g/mol. The minimum absolute atomic E-state index is 0.498. The Morgan fingerprint density at radius 2 is 2.29 bits per heavy atom. The van der Waals surface area contributed by atoms with Gasteiger partial charge in [0.2, 0.25) is 0 Å². The molecule has 2 rings (SSSR count). The average molecular weight is 303 g/mol. The van der Waals surface area contributed by atoms with E-state index in [1.165, 1.54) is 0 Å². The van der Waals surface area contributed by atoms with Crippen molar-refractivity contribution in [3.05, 3.63) is 32.9 Å². The largest absolute Gasteiger partial charge is 0.480 e. The van der Waals surface area contributed by atoms with E-state index in [4.69, 9.17) is 10.8 Å². The van der Waals surface area contributed by atoms with E-state index in [1.54, 1.807) is 0 Å². The second-order valence-electron chi connectivity index (χ2n) is 3.58. The summed E-state index contributed by atoms with van der Waals surface area (Å²) < 4.78 is 1.03. The molecule has 1 aliphatic carbocycles. The molecule has 0 radical (unpaired) electrons. The van der Waals surface area contributed by atoms with E-state index in [1.807, 2.05) is 18.2 Å². The molecule has 0 fully saturated rings. The highest BCUT2D eigenvalue weighted by Gasteiger charge is 2.41. The molecule has 0 heterocycles. The van der Waals surface area contributed by atoms with E-state index in [2.05, 4.69) is 22.6 Å². The molecule has 0 amide bonds. The maximum absolute atomic E-state index is 11.1. The lowest BCUT2D eigenvalue weighted by atomic mass is 9.93. The van der Waals surface area contributed by atoms with Crippen LogP contribution >= 0.6 is 22.6 Å². The fourth-order valence-corrected chi connectivity index (χ4v) is 2.36. The Hall–Kier alpha value is -0.620. The maximum atomic E-state index is 11.1. The van der Waals surface area contributed by atoms with E-state index < -0.39 is 11.5 Å². The van der Waals surface area contributed by atoms with E-state index >= 15 is 0 Å². The first-order chi connectivity index (χ1) is 6.54. The van der Waals surface area contributed by atoms with Gasteiger partial charge in [0.25, 0.3) is 0 Å². The van der Waals surface area contributed by atoms with Crippen molar-refractivity contribution >= 4 is 28.6 Å². The van der Waals surface area contributed by atoms with Crippen LogP contribution in [0.25, 0.3) is 0 Å². The summed E-state index contributed by atoms with van der Waals surface area (Å²) in [5.74, 6) is -0.932. The summed E-state index contributed by atoms with van der Waals surface area (Å²) in [6.07, 6.45) is 1.26. The molecule has 0 aliphatic heterocycles. The van der Waals surface area contributed by atoms with Crippen LogP contribution in [0.5, 0.6) is 0 Å². The van der Waals surface area contributed by atoms with Gasteiger partial charge in [-0.3, -0.25) is 0 Å². The highest BCUT2D eigenvalue weighted by atomic mass is 127. The topological polar surface area (TPSA) is 63.3 Å². The lowest BCUT2D eigenvalue weighted by Crippen LogP contribution is -2.42. The van der Waals surface area contributed by atoms with Crippen molar-refractivity contribution in [2.75, 3.05) is 0 Å². The van der Waals surface area contributed by atoms with Gasteiger partial charge < -0.3 is 10.8 Å². The molecule has 14 heavy (non-hydrogen) atoms. The van der Waals surface area contributed by atoms with Crippen LogP contribution in [0.2, 0.25) is 0 Å².